The van der Waals surface area contributed by atoms with Crippen molar-refractivity contribution in [2.75, 3.05) is 11.8 Å². The van der Waals surface area contributed by atoms with E-state index >= 15 is 0 Å². The van der Waals surface area contributed by atoms with Gasteiger partial charge in [-0.25, -0.2) is 18.6 Å². The number of pyridine rings is 1. The number of nitrogens with zero attached hydrogens (tertiary/aromatic N) is 3. The van der Waals surface area contributed by atoms with Crippen LogP contribution in [0, 0.1) is 0 Å². The number of aromatic nitrogens is 3. The van der Waals surface area contributed by atoms with Crippen molar-refractivity contribution in [1.29, 1.82) is 0 Å². The van der Waals surface area contributed by atoms with Gasteiger partial charge in [0.25, 0.3) is 5.56 Å². The summed E-state index contributed by atoms with van der Waals surface area (Å²) in [6.45, 7) is 5.19. The van der Waals surface area contributed by atoms with Crippen molar-refractivity contribution < 1.29 is 13.3 Å². The normalized spacial score (nSPS) is 12.9. The number of allylic oxidation sites excluding steroid dienone is 5. The molecule has 2 aromatic carbocycles. The number of anilines is 1. The maximum atomic E-state index is 13.9. The molecule has 1 unspecified atom stereocenters. The molecule has 2 heterocycles. The number of ether oxygens (including phenoxy) is 1. The van der Waals surface area contributed by atoms with E-state index in [1.165, 1.54) is 23.8 Å². The van der Waals surface area contributed by atoms with Gasteiger partial charge in [0.2, 0.25) is 5.95 Å². The second-order valence-corrected chi connectivity index (χ2v) is 9.27. The van der Waals surface area contributed by atoms with Crippen LogP contribution in [0.15, 0.2) is 101 Å². The summed E-state index contributed by atoms with van der Waals surface area (Å²) in [7, 11) is -0.157. The van der Waals surface area contributed by atoms with Crippen LogP contribution in [0.1, 0.15) is 12.5 Å². The largest absolute Gasteiger partial charge is 0.495 e. The molecule has 0 aliphatic carbocycles. The van der Waals surface area contributed by atoms with Gasteiger partial charge in [0.15, 0.2) is 11.0 Å². The lowest BCUT2D eigenvalue weighted by Gasteiger charge is -2.17. The number of fused-ring (bicyclic) bond motifs is 1. The van der Waals surface area contributed by atoms with Gasteiger partial charge in [-0.15, -0.1) is 0 Å². The fourth-order valence-electron chi connectivity index (χ4n) is 3.71. The van der Waals surface area contributed by atoms with Crippen molar-refractivity contribution in [2.24, 2.45) is 0 Å². The van der Waals surface area contributed by atoms with Gasteiger partial charge < -0.3 is 4.74 Å². The highest BCUT2D eigenvalue weighted by molar-refractivity contribution is 7.86. The van der Waals surface area contributed by atoms with E-state index in [-0.39, 0.29) is 11.5 Å². The Bertz CT molecular complexity index is 1630. The third-order valence-corrected chi connectivity index (χ3v) is 6.81. The predicted molar refractivity (Wildman–Crippen MR) is 146 cm³/mol. The second kappa shape index (κ2) is 11.3. The molecule has 7 nitrogen and oxygen atoms in total. The highest BCUT2D eigenvalue weighted by Gasteiger charge is 2.17. The summed E-state index contributed by atoms with van der Waals surface area (Å²) in [5, 5.41) is 0.958. The van der Waals surface area contributed by atoms with E-state index in [0.717, 1.165) is 6.08 Å². The van der Waals surface area contributed by atoms with Crippen LogP contribution < -0.4 is 15.0 Å². The highest BCUT2D eigenvalue weighted by Crippen LogP contribution is 2.35. The lowest BCUT2D eigenvalue weighted by atomic mass is 10.0. The van der Waals surface area contributed by atoms with Crippen LogP contribution in [0.4, 0.5) is 10.3 Å². The van der Waals surface area contributed by atoms with Crippen LogP contribution in [-0.2, 0) is 11.0 Å². The molecule has 0 aliphatic rings. The molecule has 0 radical (unpaired) electrons. The molecule has 0 saturated heterocycles. The van der Waals surface area contributed by atoms with E-state index in [1.54, 1.807) is 67.9 Å². The summed E-state index contributed by atoms with van der Waals surface area (Å²) in [6.07, 6.45) is 7.21. The van der Waals surface area contributed by atoms with Crippen molar-refractivity contribution in [3.8, 4) is 11.4 Å². The maximum Gasteiger partial charge on any atom is 0.255 e. The number of methoxy groups -OCH3 is 1. The molecule has 2 aromatic heterocycles. The van der Waals surface area contributed by atoms with Crippen molar-refractivity contribution in [3.05, 3.63) is 112 Å². The first-order valence-electron chi connectivity index (χ1n) is 11.0. The van der Waals surface area contributed by atoms with Crippen molar-refractivity contribution >= 4 is 45.0 Å². The van der Waals surface area contributed by atoms with Crippen LogP contribution >= 0.6 is 11.6 Å². The quantitative estimate of drug-likeness (QED) is 0.278. The zero-order valence-corrected chi connectivity index (χ0v) is 21.5. The number of hydrogen-bond acceptors (Lipinski definition) is 5. The Morgan fingerprint density at radius 3 is 2.62 bits per heavy atom. The van der Waals surface area contributed by atoms with Gasteiger partial charge in [0.05, 0.1) is 28.2 Å². The molecule has 4 aromatic rings. The second-order valence-electron chi connectivity index (χ2n) is 7.65. The topological polar surface area (TPSA) is 86.1 Å². The van der Waals surface area contributed by atoms with Crippen LogP contribution in [0.5, 0.6) is 5.75 Å². The molecule has 10 heteroatoms. The van der Waals surface area contributed by atoms with E-state index in [4.69, 9.17) is 16.3 Å². The van der Waals surface area contributed by atoms with E-state index in [2.05, 4.69) is 21.3 Å². The molecule has 0 bridgehead atoms. The Hall–Kier alpha value is -4.08. The van der Waals surface area contributed by atoms with E-state index < -0.39 is 16.8 Å². The summed E-state index contributed by atoms with van der Waals surface area (Å²) in [6, 6.07) is 13.0. The number of rotatable bonds is 8. The summed E-state index contributed by atoms with van der Waals surface area (Å²) in [5.74, 6) is 0.0731. The van der Waals surface area contributed by atoms with Crippen LogP contribution in [-0.4, -0.2) is 25.9 Å². The predicted octanol–water partition coefficient (Wildman–Crippen LogP) is 6.02. The first-order valence-corrected chi connectivity index (χ1v) is 12.5. The first kappa shape index (κ1) is 26.0. The van der Waals surface area contributed by atoms with Gasteiger partial charge in [-0.1, -0.05) is 24.3 Å². The van der Waals surface area contributed by atoms with Gasteiger partial charge in [-0.05, 0) is 67.1 Å². The Morgan fingerprint density at radius 1 is 1.19 bits per heavy atom. The van der Waals surface area contributed by atoms with E-state index in [9.17, 15) is 13.4 Å². The number of hydrogen-bond donors (Lipinski definition) is 1. The van der Waals surface area contributed by atoms with Gasteiger partial charge in [0, 0.05) is 29.4 Å². The van der Waals surface area contributed by atoms with Crippen molar-refractivity contribution in [3.63, 3.8) is 0 Å². The lowest BCUT2D eigenvalue weighted by Crippen LogP contribution is -2.18. The summed E-state index contributed by atoms with van der Waals surface area (Å²) >= 11 is 6.61. The lowest BCUT2D eigenvalue weighted by molar-refractivity contribution is 0.413. The van der Waals surface area contributed by atoms with Crippen LogP contribution in [0.3, 0.4) is 0 Å². The highest BCUT2D eigenvalue weighted by atomic mass is 35.5. The smallest absolute Gasteiger partial charge is 0.255 e. The Morgan fingerprint density at radius 2 is 1.95 bits per heavy atom. The number of halogens is 2. The monoisotopic (exact) mass is 536 g/mol. The van der Waals surface area contributed by atoms with Crippen LogP contribution in [0.2, 0.25) is 5.02 Å². The standard InChI is InChI=1S/C27H22ClFN4O3S/c1-4-17(13-19(29)5-2)21-15-25(36-3)24(16-22(21)28)33-23-9-8-20(14-18(23)7-10-26(33)34)37(35)32-27-30-11-6-12-31-27/h4-16H,2H2,1,3H3,(H,30,31,32)/b17-4+,19-13+. The number of benzene rings is 2. The minimum absolute atomic E-state index is 0.230. The van der Waals surface area contributed by atoms with Gasteiger partial charge in [0.1, 0.15) is 11.6 Å². The molecule has 0 amide bonds. The molecule has 188 valence electrons. The molecule has 0 spiro atoms. The average molecular weight is 537 g/mol. The summed E-state index contributed by atoms with van der Waals surface area (Å²) in [4.78, 5) is 21.5. The van der Waals surface area contributed by atoms with Gasteiger partial charge >= 0.3 is 0 Å². The number of nitrogens with one attached hydrogen (secondary N) is 1. The molecular formula is C27H22ClFN4O3S. The van der Waals surface area contributed by atoms with Gasteiger partial charge in [-0.3, -0.25) is 14.1 Å². The van der Waals surface area contributed by atoms with E-state index in [1.807, 2.05) is 0 Å². The maximum absolute atomic E-state index is 13.9. The Balaban J connectivity index is 1.82. The Labute approximate surface area is 220 Å². The fourth-order valence-corrected chi connectivity index (χ4v) is 4.79. The Kier molecular flexibility index (Phi) is 7.95. The third kappa shape index (κ3) is 5.52. The molecule has 4 rings (SSSR count). The summed E-state index contributed by atoms with van der Waals surface area (Å²) in [5.41, 5.74) is 1.69. The molecule has 37 heavy (non-hydrogen) atoms. The van der Waals surface area contributed by atoms with Crippen LogP contribution in [0.25, 0.3) is 22.2 Å². The van der Waals surface area contributed by atoms with E-state index in [0.29, 0.717) is 43.4 Å². The average Bonchev–Trinajstić information content (AvgIpc) is 2.91. The molecule has 1 atom stereocenters. The molecular weight excluding hydrogens is 515 g/mol. The molecule has 1 N–H and O–H groups in total. The summed E-state index contributed by atoms with van der Waals surface area (Å²) < 4.78 is 36.5. The third-order valence-electron chi connectivity index (χ3n) is 5.45. The van der Waals surface area contributed by atoms with Crippen molar-refractivity contribution in [2.45, 2.75) is 11.8 Å². The van der Waals surface area contributed by atoms with Crippen molar-refractivity contribution in [1.82, 2.24) is 14.5 Å². The van der Waals surface area contributed by atoms with Gasteiger partial charge in [-0.2, -0.15) is 0 Å². The first-order chi connectivity index (χ1) is 17.9. The zero-order chi connectivity index (χ0) is 26.5. The molecule has 0 aliphatic heterocycles. The SMILES string of the molecule is C=C/C(F)=C\C(=C/C)c1cc(OC)c(-n2c(=O)ccc3cc(S(=O)Nc4ncccn4)ccc32)cc1Cl. The minimum Gasteiger partial charge on any atom is -0.495 e. The molecule has 0 fully saturated rings. The fraction of sp³-hybridized carbons (Fsp3) is 0.0741. The molecule has 0 saturated carbocycles. The minimum atomic E-state index is -1.63. The zero-order valence-electron chi connectivity index (χ0n) is 19.9.